The molecule has 57 heavy (non-hydrogen) atoms. The molecule has 0 saturated carbocycles. The molecule has 0 aliphatic heterocycles. The van der Waals surface area contributed by atoms with Gasteiger partial charge in [-0.25, -0.2) is 4.79 Å². The smallest absolute Gasteiger partial charge is 0.328 e. The minimum absolute atomic E-state index is 0.118. The molecule has 4 N–H and O–H groups in total. The summed E-state index contributed by atoms with van der Waals surface area (Å²) in [4.78, 5) is 47.5. The Kier molecular flexibility index (Phi) is 39.6. The molecule has 0 heterocycles. The maximum Gasteiger partial charge on any atom is 0.328 e. The molecule has 0 spiro atoms. The third-order valence-corrected chi connectivity index (χ3v) is 9.73. The highest BCUT2D eigenvalue weighted by atomic mass is 16.5. The van der Waals surface area contributed by atoms with Crippen molar-refractivity contribution in [1.82, 2.24) is 10.6 Å². The highest BCUT2D eigenvalue weighted by molar-refractivity contribution is 5.87. The van der Waals surface area contributed by atoms with Crippen molar-refractivity contribution in [2.45, 2.75) is 206 Å². The molecule has 0 aliphatic carbocycles. The van der Waals surface area contributed by atoms with E-state index < -0.39 is 24.5 Å². The van der Waals surface area contributed by atoms with Gasteiger partial charge in [0.05, 0.1) is 13.2 Å². The Hall–Kier alpha value is -3.46. The summed E-state index contributed by atoms with van der Waals surface area (Å²) in [6.45, 7) is 3.32. The molecule has 0 fully saturated rings. The maximum atomic E-state index is 12.7. The fourth-order valence-electron chi connectivity index (χ4n) is 6.26. The minimum Gasteiger partial charge on any atom is -0.480 e. The SMILES string of the molecule is CC/C=C\C/C=C\C/C=C\C/C=C\CCCCCCCCCCCCC(=O)OC(/C=C\CCCCCCC)CCCCCCC(=O)NCC(=O)NC(CO)C(=O)O. The number of esters is 1. The van der Waals surface area contributed by atoms with Gasteiger partial charge < -0.3 is 25.6 Å². The van der Waals surface area contributed by atoms with Gasteiger partial charge in [-0.05, 0) is 83.1 Å². The number of aliphatic carboxylic acids is 1. The molecule has 0 aliphatic rings. The molecular formula is C48H82N2O7. The minimum atomic E-state index is -1.39. The van der Waals surface area contributed by atoms with Crippen molar-refractivity contribution in [3.8, 4) is 0 Å². The molecule has 2 unspecified atom stereocenters. The highest BCUT2D eigenvalue weighted by Gasteiger charge is 2.18. The van der Waals surface area contributed by atoms with Crippen molar-refractivity contribution in [3.63, 3.8) is 0 Å². The lowest BCUT2D eigenvalue weighted by atomic mass is 10.0. The predicted molar refractivity (Wildman–Crippen MR) is 236 cm³/mol. The van der Waals surface area contributed by atoms with Crippen LogP contribution >= 0.6 is 0 Å². The monoisotopic (exact) mass is 799 g/mol. The fourth-order valence-corrected chi connectivity index (χ4v) is 6.26. The number of carbonyl (C=O) groups is 4. The summed E-state index contributed by atoms with van der Waals surface area (Å²) in [5.74, 6) is -2.41. The molecule has 0 saturated heterocycles. The van der Waals surface area contributed by atoms with E-state index in [0.717, 1.165) is 77.0 Å². The largest absolute Gasteiger partial charge is 0.480 e. The first-order valence-electron chi connectivity index (χ1n) is 22.7. The number of carboxylic acid groups (broad SMARTS) is 1. The first-order chi connectivity index (χ1) is 27.8. The molecule has 9 nitrogen and oxygen atoms in total. The summed E-state index contributed by atoms with van der Waals surface area (Å²) in [5, 5.41) is 22.5. The molecule has 0 radical (unpaired) electrons. The van der Waals surface area contributed by atoms with Gasteiger partial charge in [-0.15, -0.1) is 0 Å². The molecule has 0 aromatic rings. The van der Waals surface area contributed by atoms with E-state index in [1.54, 1.807) is 0 Å². The number of hydrogen-bond donors (Lipinski definition) is 4. The van der Waals surface area contributed by atoms with Crippen molar-refractivity contribution < 1.29 is 34.1 Å². The molecule has 0 aromatic carbocycles. The van der Waals surface area contributed by atoms with Gasteiger partial charge in [0.1, 0.15) is 12.1 Å². The van der Waals surface area contributed by atoms with E-state index in [9.17, 15) is 19.2 Å². The van der Waals surface area contributed by atoms with Crippen LogP contribution in [-0.2, 0) is 23.9 Å². The van der Waals surface area contributed by atoms with Crippen LogP contribution in [0.5, 0.6) is 0 Å². The Labute approximate surface area is 347 Å². The van der Waals surface area contributed by atoms with Gasteiger partial charge in [0.15, 0.2) is 0 Å². The Balaban J connectivity index is 4.11. The second-order valence-corrected chi connectivity index (χ2v) is 15.1. The molecule has 9 heteroatoms. The van der Waals surface area contributed by atoms with E-state index in [1.165, 1.54) is 83.5 Å². The van der Waals surface area contributed by atoms with Crippen molar-refractivity contribution in [2.24, 2.45) is 0 Å². The Bertz CT molecular complexity index is 1140. The second kappa shape index (κ2) is 42.2. The molecule has 0 bridgehead atoms. The van der Waals surface area contributed by atoms with E-state index in [1.807, 2.05) is 0 Å². The quantitative estimate of drug-likeness (QED) is 0.0275. The average Bonchev–Trinajstić information content (AvgIpc) is 3.20. The number of aliphatic hydroxyl groups excluding tert-OH is 1. The summed E-state index contributed by atoms with van der Waals surface area (Å²) in [7, 11) is 0. The summed E-state index contributed by atoms with van der Waals surface area (Å²) in [6, 6.07) is -1.39. The van der Waals surface area contributed by atoms with Gasteiger partial charge in [-0.2, -0.15) is 0 Å². The molecule has 0 rings (SSSR count). The number of amides is 2. The van der Waals surface area contributed by atoms with Crippen LogP contribution in [0.3, 0.4) is 0 Å². The number of ether oxygens (including phenoxy) is 1. The number of carboxylic acids is 1. The lowest BCUT2D eigenvalue weighted by Gasteiger charge is -2.15. The van der Waals surface area contributed by atoms with Crippen LogP contribution in [0, 0.1) is 0 Å². The van der Waals surface area contributed by atoms with E-state index in [2.05, 4.69) is 85.2 Å². The van der Waals surface area contributed by atoms with Crippen LogP contribution in [0.2, 0.25) is 0 Å². The van der Waals surface area contributed by atoms with Crippen LogP contribution in [0.15, 0.2) is 60.8 Å². The maximum absolute atomic E-state index is 12.7. The number of rotatable bonds is 40. The first kappa shape index (κ1) is 53.5. The zero-order valence-corrected chi connectivity index (χ0v) is 36.1. The van der Waals surface area contributed by atoms with Crippen LogP contribution in [0.4, 0.5) is 0 Å². The van der Waals surface area contributed by atoms with Crippen molar-refractivity contribution in [1.29, 1.82) is 0 Å². The van der Waals surface area contributed by atoms with Gasteiger partial charge in [0.2, 0.25) is 11.8 Å². The summed E-state index contributed by atoms with van der Waals surface area (Å²) < 4.78 is 5.90. The summed E-state index contributed by atoms with van der Waals surface area (Å²) in [5.41, 5.74) is 0. The van der Waals surface area contributed by atoms with E-state index in [0.29, 0.717) is 12.8 Å². The van der Waals surface area contributed by atoms with Gasteiger partial charge >= 0.3 is 11.9 Å². The Morgan fingerprint density at radius 3 is 1.61 bits per heavy atom. The number of aliphatic hydroxyl groups is 1. The third kappa shape index (κ3) is 39.2. The van der Waals surface area contributed by atoms with E-state index in [-0.39, 0.29) is 30.9 Å². The zero-order valence-electron chi connectivity index (χ0n) is 36.1. The van der Waals surface area contributed by atoms with Crippen molar-refractivity contribution in [3.05, 3.63) is 60.8 Å². The fraction of sp³-hybridized carbons (Fsp3) is 0.708. The number of allylic oxidation sites excluding steroid dienone is 9. The standard InChI is InChI=1S/C48H82N2O7/c1-3-5-7-9-11-12-13-14-15-16-17-18-19-20-21-22-23-24-25-26-28-30-36-40-47(54)57-43(37-33-29-27-10-8-6-4-2)38-34-31-32-35-39-45(52)49-41-46(53)50-44(42-51)48(55)56/h5,7,11-12,14-15,17-18,33,37,43-44,51H,3-4,6,8-10,13,16,19-32,34-36,38-42H2,1-2H3,(H,49,52)(H,50,53)(H,55,56)/b7-5-,12-11-,15-14-,18-17-,37-33-. The van der Waals surface area contributed by atoms with Crippen LogP contribution in [0.25, 0.3) is 0 Å². The number of nitrogens with one attached hydrogen (secondary N) is 2. The van der Waals surface area contributed by atoms with Crippen LogP contribution in [0.1, 0.15) is 194 Å². The average molecular weight is 799 g/mol. The lowest BCUT2D eigenvalue weighted by molar-refractivity contribution is -0.147. The second-order valence-electron chi connectivity index (χ2n) is 15.1. The third-order valence-electron chi connectivity index (χ3n) is 9.73. The van der Waals surface area contributed by atoms with Crippen molar-refractivity contribution >= 4 is 23.8 Å². The molecule has 2 atom stereocenters. The molecule has 0 aromatic heterocycles. The number of hydrogen-bond acceptors (Lipinski definition) is 6. The predicted octanol–water partition coefficient (Wildman–Crippen LogP) is 11.3. The van der Waals surface area contributed by atoms with E-state index in [4.69, 9.17) is 14.9 Å². The van der Waals surface area contributed by atoms with E-state index >= 15 is 0 Å². The van der Waals surface area contributed by atoms with Gasteiger partial charge in [0.25, 0.3) is 0 Å². The van der Waals surface area contributed by atoms with Crippen LogP contribution < -0.4 is 10.6 Å². The first-order valence-corrected chi connectivity index (χ1v) is 22.7. The number of unbranched alkanes of at least 4 members (excludes halogenated alkanes) is 18. The topological polar surface area (TPSA) is 142 Å². The molecule has 2 amide bonds. The van der Waals surface area contributed by atoms with Gasteiger partial charge in [-0.1, -0.05) is 158 Å². The van der Waals surface area contributed by atoms with Crippen LogP contribution in [-0.4, -0.2) is 59.3 Å². The number of carbonyl (C=O) groups excluding carboxylic acids is 3. The Morgan fingerprint density at radius 2 is 1.05 bits per heavy atom. The normalized spacial score (nSPS) is 13.0. The summed E-state index contributed by atoms with van der Waals surface area (Å²) >= 11 is 0. The summed E-state index contributed by atoms with van der Waals surface area (Å²) in [6.07, 6.45) is 51.3. The van der Waals surface area contributed by atoms with Gasteiger partial charge in [0, 0.05) is 12.8 Å². The Morgan fingerprint density at radius 1 is 0.561 bits per heavy atom. The molecular weight excluding hydrogens is 717 g/mol. The van der Waals surface area contributed by atoms with Gasteiger partial charge in [-0.3, -0.25) is 14.4 Å². The molecule has 326 valence electrons. The zero-order chi connectivity index (χ0) is 41.9. The highest BCUT2D eigenvalue weighted by Crippen LogP contribution is 2.16. The van der Waals surface area contributed by atoms with Crippen molar-refractivity contribution in [2.75, 3.05) is 13.2 Å². The lowest BCUT2D eigenvalue weighted by Crippen LogP contribution is -2.47.